The Morgan fingerprint density at radius 2 is 1.69 bits per heavy atom. The van der Waals surface area contributed by atoms with Crippen LogP contribution in [0.1, 0.15) is 34.3 Å². The summed E-state index contributed by atoms with van der Waals surface area (Å²) in [6.45, 7) is 1.98. The van der Waals surface area contributed by atoms with E-state index < -0.39 is 0 Å². The molecule has 0 bridgehead atoms. The Morgan fingerprint density at radius 1 is 0.969 bits per heavy atom. The largest absolute Gasteiger partial charge is 0.489 e. The van der Waals surface area contributed by atoms with Crippen molar-refractivity contribution in [3.63, 3.8) is 0 Å². The van der Waals surface area contributed by atoms with E-state index >= 15 is 0 Å². The van der Waals surface area contributed by atoms with Crippen molar-refractivity contribution in [1.29, 1.82) is 0 Å². The van der Waals surface area contributed by atoms with E-state index in [4.69, 9.17) is 4.74 Å². The number of nitrogens with zero attached hydrogens (tertiary/aromatic N) is 3. The first-order valence-electron chi connectivity index (χ1n) is 10.8. The van der Waals surface area contributed by atoms with E-state index in [-0.39, 0.29) is 17.7 Å². The van der Waals surface area contributed by atoms with E-state index in [2.05, 4.69) is 15.3 Å². The lowest BCUT2D eigenvalue weighted by atomic mass is 9.95. The van der Waals surface area contributed by atoms with Gasteiger partial charge >= 0.3 is 0 Å². The number of likely N-dealkylation sites (tertiary alicyclic amines) is 1. The first kappa shape index (κ1) is 21.5. The van der Waals surface area contributed by atoms with E-state index in [1.54, 1.807) is 36.9 Å². The minimum atomic E-state index is -0.0788. The molecule has 1 saturated heterocycles. The Hall–Kier alpha value is -3.74. The average molecular weight is 431 g/mol. The third-order valence-corrected chi connectivity index (χ3v) is 5.55. The van der Waals surface area contributed by atoms with Crippen molar-refractivity contribution in [2.45, 2.75) is 26.0 Å². The summed E-state index contributed by atoms with van der Waals surface area (Å²) in [6, 6.07) is 14.8. The van der Waals surface area contributed by atoms with Crippen LogP contribution in [0.5, 0.6) is 5.75 Å². The predicted octanol–water partition coefficient (Wildman–Crippen LogP) is 3.22. The lowest BCUT2D eigenvalue weighted by Crippen LogP contribution is -2.42. The lowest BCUT2D eigenvalue weighted by molar-refractivity contribution is -0.126. The Balaban J connectivity index is 1.27. The number of carbonyl (C=O) groups is 2. The molecule has 1 aliphatic heterocycles. The number of ether oxygens (including phenoxy) is 1. The molecule has 1 N–H and O–H groups in total. The monoisotopic (exact) mass is 430 g/mol. The molecule has 7 nitrogen and oxygen atoms in total. The summed E-state index contributed by atoms with van der Waals surface area (Å²) in [5.41, 5.74) is 2.53. The number of nitrogens with one attached hydrogen (secondary N) is 1. The maximum atomic E-state index is 13.0. The normalized spacial score (nSPS) is 14.1. The standard InChI is InChI=1S/C25H26N4O3/c30-24(28-17-19-4-2-10-26-15-19)21-8-12-29(13-9-21)25(31)22-6-1-7-23(14-22)32-18-20-5-3-11-27-16-20/h1-7,10-11,14-16,21H,8-9,12-13,17-18H2,(H,28,30). The molecule has 164 valence electrons. The van der Waals surface area contributed by atoms with Crippen molar-refractivity contribution in [2.24, 2.45) is 5.92 Å². The van der Waals surface area contributed by atoms with Crippen molar-refractivity contribution < 1.29 is 14.3 Å². The van der Waals surface area contributed by atoms with Crippen LogP contribution in [-0.4, -0.2) is 39.8 Å². The summed E-state index contributed by atoms with van der Waals surface area (Å²) >= 11 is 0. The molecule has 1 aliphatic rings. The molecule has 2 aromatic heterocycles. The lowest BCUT2D eigenvalue weighted by Gasteiger charge is -2.31. The maximum Gasteiger partial charge on any atom is 0.253 e. The number of hydrogen-bond acceptors (Lipinski definition) is 5. The van der Waals surface area contributed by atoms with Crippen LogP contribution < -0.4 is 10.1 Å². The second-order valence-electron chi connectivity index (χ2n) is 7.82. The quantitative estimate of drug-likeness (QED) is 0.622. The number of rotatable bonds is 7. The first-order valence-corrected chi connectivity index (χ1v) is 10.8. The van der Waals surface area contributed by atoms with E-state index in [1.165, 1.54) is 0 Å². The molecule has 0 atom stereocenters. The number of aromatic nitrogens is 2. The summed E-state index contributed by atoms with van der Waals surface area (Å²) in [6.07, 6.45) is 8.24. The zero-order valence-electron chi connectivity index (χ0n) is 17.8. The highest BCUT2D eigenvalue weighted by molar-refractivity contribution is 5.94. The maximum absolute atomic E-state index is 13.0. The summed E-state index contributed by atoms with van der Waals surface area (Å²) in [4.78, 5) is 35.4. The molecule has 4 rings (SSSR count). The highest BCUT2D eigenvalue weighted by Crippen LogP contribution is 2.21. The molecule has 3 heterocycles. The second kappa shape index (κ2) is 10.5. The van der Waals surface area contributed by atoms with Crippen LogP contribution >= 0.6 is 0 Å². The molecule has 32 heavy (non-hydrogen) atoms. The van der Waals surface area contributed by atoms with Crippen LogP contribution in [0.25, 0.3) is 0 Å². The number of carbonyl (C=O) groups excluding carboxylic acids is 2. The third-order valence-electron chi connectivity index (χ3n) is 5.55. The molecular weight excluding hydrogens is 404 g/mol. The fourth-order valence-corrected chi connectivity index (χ4v) is 3.73. The molecule has 1 fully saturated rings. The van der Waals surface area contributed by atoms with Crippen LogP contribution in [0.3, 0.4) is 0 Å². The number of benzene rings is 1. The van der Waals surface area contributed by atoms with E-state index in [9.17, 15) is 9.59 Å². The van der Waals surface area contributed by atoms with Gasteiger partial charge in [0.25, 0.3) is 5.91 Å². The van der Waals surface area contributed by atoms with Gasteiger partial charge in [-0.3, -0.25) is 19.6 Å². The van der Waals surface area contributed by atoms with E-state index in [0.717, 1.165) is 11.1 Å². The SMILES string of the molecule is O=C(NCc1cccnc1)C1CCN(C(=O)c2cccc(OCc3cccnc3)c2)CC1. The van der Waals surface area contributed by atoms with Gasteiger partial charge in [0.2, 0.25) is 5.91 Å². The van der Waals surface area contributed by atoms with Crippen LogP contribution in [0.2, 0.25) is 0 Å². The van der Waals surface area contributed by atoms with E-state index in [0.29, 0.717) is 50.4 Å². The Bertz CT molecular complexity index is 1040. The fourth-order valence-electron chi connectivity index (χ4n) is 3.73. The third kappa shape index (κ3) is 5.69. The molecule has 0 radical (unpaired) electrons. The van der Waals surface area contributed by atoms with Gasteiger partial charge in [-0.15, -0.1) is 0 Å². The molecule has 0 unspecified atom stereocenters. The van der Waals surface area contributed by atoms with Crippen molar-refractivity contribution in [2.75, 3.05) is 13.1 Å². The Labute approximate surface area is 187 Å². The Morgan fingerprint density at radius 3 is 2.38 bits per heavy atom. The van der Waals surface area contributed by atoms with Gasteiger partial charge < -0.3 is 15.0 Å². The zero-order valence-corrected chi connectivity index (χ0v) is 17.8. The van der Waals surface area contributed by atoms with Crippen molar-refractivity contribution in [3.05, 3.63) is 90.0 Å². The first-order chi connectivity index (χ1) is 15.7. The predicted molar refractivity (Wildman–Crippen MR) is 120 cm³/mol. The molecular formula is C25H26N4O3. The number of amides is 2. The summed E-state index contributed by atoms with van der Waals surface area (Å²) < 4.78 is 5.81. The van der Waals surface area contributed by atoms with Gasteiger partial charge in [-0.25, -0.2) is 0 Å². The van der Waals surface area contributed by atoms with Gasteiger partial charge in [0, 0.05) is 61.5 Å². The highest BCUT2D eigenvalue weighted by atomic mass is 16.5. The van der Waals surface area contributed by atoms with Gasteiger partial charge in [0.15, 0.2) is 0 Å². The van der Waals surface area contributed by atoms with Crippen molar-refractivity contribution in [1.82, 2.24) is 20.2 Å². The van der Waals surface area contributed by atoms with Gasteiger partial charge in [-0.05, 0) is 48.7 Å². The summed E-state index contributed by atoms with van der Waals surface area (Å²) in [5, 5.41) is 2.98. The summed E-state index contributed by atoms with van der Waals surface area (Å²) in [5.74, 6) is 0.562. The smallest absolute Gasteiger partial charge is 0.253 e. The Kier molecular flexibility index (Phi) is 7.07. The number of piperidine rings is 1. The van der Waals surface area contributed by atoms with E-state index in [1.807, 2.05) is 41.3 Å². The minimum Gasteiger partial charge on any atom is -0.489 e. The van der Waals surface area contributed by atoms with Crippen LogP contribution in [0, 0.1) is 5.92 Å². The fraction of sp³-hybridized carbons (Fsp3) is 0.280. The highest BCUT2D eigenvalue weighted by Gasteiger charge is 2.27. The molecule has 0 spiro atoms. The van der Waals surface area contributed by atoms with Crippen LogP contribution in [0.15, 0.2) is 73.3 Å². The van der Waals surface area contributed by atoms with Crippen molar-refractivity contribution in [3.8, 4) is 5.75 Å². The topological polar surface area (TPSA) is 84.4 Å². The molecule has 7 heteroatoms. The van der Waals surface area contributed by atoms with Gasteiger partial charge in [-0.2, -0.15) is 0 Å². The van der Waals surface area contributed by atoms with Crippen LogP contribution in [0.4, 0.5) is 0 Å². The number of hydrogen-bond donors (Lipinski definition) is 1. The second-order valence-corrected chi connectivity index (χ2v) is 7.82. The van der Waals surface area contributed by atoms with Gasteiger partial charge in [0.05, 0.1) is 0 Å². The molecule has 2 amide bonds. The van der Waals surface area contributed by atoms with Crippen LogP contribution in [-0.2, 0) is 17.9 Å². The molecule has 0 aliphatic carbocycles. The average Bonchev–Trinajstić information content (AvgIpc) is 2.87. The van der Waals surface area contributed by atoms with Gasteiger partial charge in [0.1, 0.15) is 12.4 Å². The molecule has 0 saturated carbocycles. The minimum absolute atomic E-state index is 0.0340. The number of pyridine rings is 2. The van der Waals surface area contributed by atoms with Gasteiger partial charge in [-0.1, -0.05) is 18.2 Å². The zero-order chi connectivity index (χ0) is 22.2. The molecule has 1 aromatic carbocycles. The van der Waals surface area contributed by atoms with Crippen molar-refractivity contribution >= 4 is 11.8 Å². The summed E-state index contributed by atoms with van der Waals surface area (Å²) in [7, 11) is 0. The molecule has 3 aromatic rings.